The van der Waals surface area contributed by atoms with Gasteiger partial charge in [-0.1, -0.05) is 19.9 Å². The third-order valence-electron chi connectivity index (χ3n) is 2.98. The molecule has 19 heavy (non-hydrogen) atoms. The number of sulfonamides is 1. The Morgan fingerprint density at radius 2 is 1.84 bits per heavy atom. The first-order valence-electron chi connectivity index (χ1n) is 6.57. The second-order valence-corrected chi connectivity index (χ2v) is 7.22. The first-order chi connectivity index (χ1) is 8.76. The molecule has 5 heteroatoms. The molecule has 1 unspecified atom stereocenters. The fourth-order valence-electron chi connectivity index (χ4n) is 2.14. The highest BCUT2D eigenvalue weighted by Gasteiger charge is 2.15. The van der Waals surface area contributed by atoms with Crippen molar-refractivity contribution in [2.75, 3.05) is 12.4 Å². The predicted octanol–water partition coefficient (Wildman–Crippen LogP) is 2.75. The summed E-state index contributed by atoms with van der Waals surface area (Å²) in [5.41, 5.74) is 1.59. The van der Waals surface area contributed by atoms with Crippen molar-refractivity contribution in [3.8, 4) is 0 Å². The van der Waals surface area contributed by atoms with Crippen LogP contribution in [0.3, 0.4) is 0 Å². The molecule has 1 atom stereocenters. The molecular weight excluding hydrogens is 260 g/mol. The Bertz CT molecular complexity index is 524. The van der Waals surface area contributed by atoms with Crippen molar-refractivity contribution in [2.45, 2.75) is 45.1 Å². The largest absolute Gasteiger partial charge is 0.383 e. The smallest absolute Gasteiger partial charge is 0.240 e. The molecule has 0 aliphatic heterocycles. The van der Waals surface area contributed by atoms with E-state index in [2.05, 4.69) is 30.8 Å². The molecule has 1 aromatic rings. The maximum atomic E-state index is 11.9. The summed E-state index contributed by atoms with van der Waals surface area (Å²) in [6, 6.07) is 5.75. The van der Waals surface area contributed by atoms with Gasteiger partial charge in [-0.3, -0.25) is 0 Å². The minimum absolute atomic E-state index is 0.313. The molecule has 0 saturated carbocycles. The van der Waals surface area contributed by atoms with Crippen molar-refractivity contribution in [3.63, 3.8) is 0 Å². The lowest BCUT2D eigenvalue weighted by Crippen LogP contribution is -2.21. The number of rotatable bonds is 6. The quantitative estimate of drug-likeness (QED) is 0.844. The molecule has 0 aliphatic rings. The second kappa shape index (κ2) is 6.39. The summed E-state index contributed by atoms with van der Waals surface area (Å²) in [7, 11) is -1.97. The highest BCUT2D eigenvalue weighted by Crippen LogP contribution is 2.21. The Morgan fingerprint density at radius 3 is 2.37 bits per heavy atom. The van der Waals surface area contributed by atoms with Crippen LogP contribution in [0.4, 0.5) is 5.69 Å². The molecule has 4 nitrogen and oxygen atoms in total. The molecule has 108 valence electrons. The summed E-state index contributed by atoms with van der Waals surface area (Å²) in [4.78, 5) is 0.330. The van der Waals surface area contributed by atoms with Crippen molar-refractivity contribution in [1.82, 2.24) is 4.72 Å². The van der Waals surface area contributed by atoms with E-state index < -0.39 is 10.0 Å². The Hall–Kier alpha value is -1.07. The SMILES string of the molecule is CNS(=O)(=O)c1cc(NC(C)CC(C)C)ccc1C. The predicted molar refractivity (Wildman–Crippen MR) is 80.0 cm³/mol. The van der Waals surface area contributed by atoms with E-state index >= 15 is 0 Å². The monoisotopic (exact) mass is 284 g/mol. The number of anilines is 1. The van der Waals surface area contributed by atoms with Crippen LogP contribution in [0, 0.1) is 12.8 Å². The Kier molecular flexibility index (Phi) is 5.38. The molecule has 0 radical (unpaired) electrons. The number of aryl methyl sites for hydroxylation is 1. The Labute approximate surface area is 116 Å². The van der Waals surface area contributed by atoms with Gasteiger partial charge in [-0.05, 0) is 50.9 Å². The van der Waals surface area contributed by atoms with Gasteiger partial charge in [0, 0.05) is 11.7 Å². The lowest BCUT2D eigenvalue weighted by atomic mass is 10.0. The van der Waals surface area contributed by atoms with E-state index in [0.29, 0.717) is 16.9 Å². The summed E-state index contributed by atoms with van der Waals surface area (Å²) in [5, 5.41) is 3.34. The van der Waals surface area contributed by atoms with E-state index in [0.717, 1.165) is 17.7 Å². The van der Waals surface area contributed by atoms with E-state index in [-0.39, 0.29) is 0 Å². The van der Waals surface area contributed by atoms with Crippen LogP contribution in [-0.4, -0.2) is 21.5 Å². The van der Waals surface area contributed by atoms with Crippen LogP contribution in [0.5, 0.6) is 0 Å². The van der Waals surface area contributed by atoms with Gasteiger partial charge < -0.3 is 5.32 Å². The normalized spacial score (nSPS) is 13.6. The average molecular weight is 284 g/mol. The Morgan fingerprint density at radius 1 is 1.21 bits per heavy atom. The average Bonchev–Trinajstić information content (AvgIpc) is 2.30. The van der Waals surface area contributed by atoms with Crippen LogP contribution in [0.15, 0.2) is 23.1 Å². The molecule has 1 aromatic carbocycles. The number of nitrogens with one attached hydrogen (secondary N) is 2. The standard InChI is InChI=1S/C14H24N2O2S/c1-10(2)8-12(4)16-13-7-6-11(3)14(9-13)19(17,18)15-5/h6-7,9-10,12,15-16H,8H2,1-5H3. The fraction of sp³-hybridized carbons (Fsp3) is 0.571. The van der Waals surface area contributed by atoms with Gasteiger partial charge in [-0.15, -0.1) is 0 Å². The molecule has 0 saturated heterocycles. The molecule has 0 bridgehead atoms. The second-order valence-electron chi connectivity index (χ2n) is 5.36. The summed E-state index contributed by atoms with van der Waals surface area (Å²) < 4.78 is 26.2. The van der Waals surface area contributed by atoms with Gasteiger partial charge >= 0.3 is 0 Å². The van der Waals surface area contributed by atoms with Crippen LogP contribution >= 0.6 is 0 Å². The van der Waals surface area contributed by atoms with Crippen LogP contribution in [0.2, 0.25) is 0 Å². The molecule has 0 aromatic heterocycles. The zero-order chi connectivity index (χ0) is 14.6. The molecule has 0 heterocycles. The van der Waals surface area contributed by atoms with Gasteiger partial charge in [0.1, 0.15) is 0 Å². The summed E-state index contributed by atoms with van der Waals surface area (Å²) >= 11 is 0. The van der Waals surface area contributed by atoms with Crippen LogP contribution < -0.4 is 10.0 Å². The van der Waals surface area contributed by atoms with Crippen molar-refractivity contribution in [3.05, 3.63) is 23.8 Å². The number of benzene rings is 1. The minimum atomic E-state index is -3.40. The molecule has 0 spiro atoms. The summed E-state index contributed by atoms with van der Waals surface area (Å²) in [6.07, 6.45) is 1.04. The van der Waals surface area contributed by atoms with Crippen LogP contribution in [0.25, 0.3) is 0 Å². The molecule has 0 amide bonds. The van der Waals surface area contributed by atoms with Crippen molar-refractivity contribution in [1.29, 1.82) is 0 Å². The third kappa shape index (κ3) is 4.51. The summed E-state index contributed by atoms with van der Waals surface area (Å²) in [5.74, 6) is 0.605. The lowest BCUT2D eigenvalue weighted by Gasteiger charge is -2.18. The molecular formula is C14H24N2O2S. The first kappa shape index (κ1) is 16.0. The van der Waals surface area contributed by atoms with Gasteiger partial charge in [-0.2, -0.15) is 0 Å². The van der Waals surface area contributed by atoms with Gasteiger partial charge in [0.15, 0.2) is 0 Å². The lowest BCUT2D eigenvalue weighted by molar-refractivity contribution is 0.539. The van der Waals surface area contributed by atoms with Gasteiger partial charge in [0.25, 0.3) is 0 Å². The van der Waals surface area contributed by atoms with Gasteiger partial charge in [0.05, 0.1) is 4.90 Å². The molecule has 0 fully saturated rings. The fourth-order valence-corrected chi connectivity index (χ4v) is 3.13. The van der Waals surface area contributed by atoms with E-state index in [4.69, 9.17) is 0 Å². The van der Waals surface area contributed by atoms with Crippen LogP contribution in [0.1, 0.15) is 32.8 Å². The third-order valence-corrected chi connectivity index (χ3v) is 4.54. The van der Waals surface area contributed by atoms with Crippen molar-refractivity contribution >= 4 is 15.7 Å². The van der Waals surface area contributed by atoms with Crippen molar-refractivity contribution < 1.29 is 8.42 Å². The number of hydrogen-bond acceptors (Lipinski definition) is 3. The van der Waals surface area contributed by atoms with Gasteiger partial charge in [0.2, 0.25) is 10.0 Å². The van der Waals surface area contributed by atoms with Crippen LogP contribution in [-0.2, 0) is 10.0 Å². The highest BCUT2D eigenvalue weighted by atomic mass is 32.2. The molecule has 1 rings (SSSR count). The Balaban J connectivity index is 2.97. The topological polar surface area (TPSA) is 58.2 Å². The molecule has 2 N–H and O–H groups in total. The van der Waals surface area contributed by atoms with Crippen molar-refractivity contribution in [2.24, 2.45) is 5.92 Å². The van der Waals surface area contributed by atoms with E-state index in [9.17, 15) is 8.42 Å². The maximum absolute atomic E-state index is 11.9. The highest BCUT2D eigenvalue weighted by molar-refractivity contribution is 7.89. The maximum Gasteiger partial charge on any atom is 0.240 e. The number of hydrogen-bond donors (Lipinski definition) is 2. The zero-order valence-corrected chi connectivity index (χ0v) is 13.1. The minimum Gasteiger partial charge on any atom is -0.383 e. The van der Waals surface area contributed by atoms with E-state index in [1.165, 1.54) is 7.05 Å². The first-order valence-corrected chi connectivity index (χ1v) is 8.05. The van der Waals surface area contributed by atoms with E-state index in [1.54, 1.807) is 13.0 Å². The molecule has 0 aliphatic carbocycles. The van der Waals surface area contributed by atoms with E-state index in [1.807, 2.05) is 12.1 Å². The summed E-state index contributed by atoms with van der Waals surface area (Å²) in [6.45, 7) is 8.24. The zero-order valence-electron chi connectivity index (χ0n) is 12.3. The van der Waals surface area contributed by atoms with Gasteiger partial charge in [-0.25, -0.2) is 13.1 Å².